The molecule has 1 fully saturated rings. The molecule has 0 atom stereocenters. The number of aryl methyl sites for hydroxylation is 1. The molecular formula is C27H27N7O2S. The summed E-state index contributed by atoms with van der Waals surface area (Å²) in [7, 11) is 3.60. The molecule has 1 aliphatic carbocycles. The number of ether oxygens (including phenoxy) is 1. The van der Waals surface area contributed by atoms with E-state index in [-0.39, 0.29) is 12.0 Å². The Hall–Kier alpha value is -3.89. The van der Waals surface area contributed by atoms with Crippen molar-refractivity contribution in [2.75, 3.05) is 19.0 Å². The summed E-state index contributed by atoms with van der Waals surface area (Å²) in [6, 6.07) is 12.5. The van der Waals surface area contributed by atoms with Crippen LogP contribution in [0, 0.1) is 5.92 Å². The van der Waals surface area contributed by atoms with Gasteiger partial charge >= 0.3 is 0 Å². The lowest BCUT2D eigenvalue weighted by molar-refractivity contribution is -0.113. The molecule has 4 heterocycles. The second-order valence-corrected chi connectivity index (χ2v) is 10.3. The minimum Gasteiger partial charge on any atom is -0.383 e. The predicted molar refractivity (Wildman–Crippen MR) is 144 cm³/mol. The van der Waals surface area contributed by atoms with Gasteiger partial charge in [-0.25, -0.2) is 15.0 Å². The lowest BCUT2D eigenvalue weighted by Gasteiger charge is -2.32. The van der Waals surface area contributed by atoms with Crippen LogP contribution < -0.4 is 5.32 Å². The van der Waals surface area contributed by atoms with Crippen LogP contribution in [0.5, 0.6) is 0 Å². The Bertz CT molecular complexity index is 1550. The van der Waals surface area contributed by atoms with Crippen LogP contribution in [0.2, 0.25) is 0 Å². The van der Waals surface area contributed by atoms with E-state index in [0.29, 0.717) is 24.8 Å². The highest BCUT2D eigenvalue weighted by Crippen LogP contribution is 2.47. The Kier molecular flexibility index (Phi) is 6.27. The molecule has 0 spiro atoms. The lowest BCUT2D eigenvalue weighted by Crippen LogP contribution is -2.36. The summed E-state index contributed by atoms with van der Waals surface area (Å²) in [5.41, 5.74) is 3.03. The Morgan fingerprint density at radius 1 is 1.16 bits per heavy atom. The number of methoxy groups -OCH3 is 1. The molecule has 0 unspecified atom stereocenters. The topological polar surface area (TPSA) is 99.8 Å². The number of carbonyl (C=O) groups excluding carboxylic acids is 1. The number of benzene rings is 1. The van der Waals surface area contributed by atoms with Gasteiger partial charge in [0.1, 0.15) is 22.6 Å². The zero-order valence-corrected chi connectivity index (χ0v) is 21.5. The van der Waals surface area contributed by atoms with Crippen molar-refractivity contribution in [3.8, 4) is 33.3 Å². The van der Waals surface area contributed by atoms with Gasteiger partial charge in [0.15, 0.2) is 11.6 Å². The number of hydrogen-bond donors (Lipinski definition) is 1. The molecule has 0 saturated heterocycles. The van der Waals surface area contributed by atoms with Crippen molar-refractivity contribution in [2.45, 2.75) is 25.4 Å². The van der Waals surface area contributed by atoms with Gasteiger partial charge in [0, 0.05) is 56.8 Å². The van der Waals surface area contributed by atoms with Crippen LogP contribution >= 0.6 is 11.3 Å². The summed E-state index contributed by atoms with van der Waals surface area (Å²) in [6.45, 7) is 1.21. The van der Waals surface area contributed by atoms with Crippen LogP contribution in [0.15, 0.2) is 55.0 Å². The van der Waals surface area contributed by atoms with Crippen LogP contribution in [0.25, 0.3) is 43.6 Å². The third-order valence-corrected chi connectivity index (χ3v) is 7.83. The van der Waals surface area contributed by atoms with E-state index in [2.05, 4.69) is 22.4 Å². The van der Waals surface area contributed by atoms with Gasteiger partial charge in [0.2, 0.25) is 0 Å². The van der Waals surface area contributed by atoms with Crippen molar-refractivity contribution in [2.24, 2.45) is 13.0 Å². The Balaban J connectivity index is 1.56. The summed E-state index contributed by atoms with van der Waals surface area (Å²) in [6.07, 6.45) is 8.26. The van der Waals surface area contributed by atoms with E-state index in [4.69, 9.17) is 19.8 Å². The van der Waals surface area contributed by atoms with E-state index in [1.807, 2.05) is 53.0 Å². The van der Waals surface area contributed by atoms with Crippen molar-refractivity contribution in [1.29, 1.82) is 0 Å². The van der Waals surface area contributed by atoms with Gasteiger partial charge in [-0.15, -0.1) is 11.3 Å². The van der Waals surface area contributed by atoms with Crippen LogP contribution in [-0.4, -0.2) is 55.3 Å². The van der Waals surface area contributed by atoms with Crippen molar-refractivity contribution < 1.29 is 9.53 Å². The minimum absolute atomic E-state index is 0.0994. The van der Waals surface area contributed by atoms with E-state index in [1.165, 1.54) is 0 Å². The Morgan fingerprint density at radius 3 is 2.73 bits per heavy atom. The van der Waals surface area contributed by atoms with E-state index >= 15 is 0 Å². The van der Waals surface area contributed by atoms with Gasteiger partial charge in [-0.3, -0.25) is 4.68 Å². The van der Waals surface area contributed by atoms with Crippen LogP contribution in [0.1, 0.15) is 12.8 Å². The molecular weight excluding hydrogens is 486 g/mol. The van der Waals surface area contributed by atoms with Crippen molar-refractivity contribution in [1.82, 2.24) is 29.3 Å². The summed E-state index contributed by atoms with van der Waals surface area (Å²) >= 11 is 1.61. The molecule has 0 bridgehead atoms. The molecule has 9 nitrogen and oxygen atoms in total. The highest BCUT2D eigenvalue weighted by atomic mass is 32.1. The van der Waals surface area contributed by atoms with Crippen molar-refractivity contribution in [3.05, 3.63) is 55.0 Å². The quantitative estimate of drug-likeness (QED) is 0.286. The first-order chi connectivity index (χ1) is 18.1. The number of nitrogens with zero attached hydrogens (tertiary/aromatic N) is 6. The Labute approximate surface area is 218 Å². The summed E-state index contributed by atoms with van der Waals surface area (Å²) in [4.78, 5) is 27.8. The molecule has 37 heavy (non-hydrogen) atoms. The average Bonchev–Trinajstić information content (AvgIpc) is 3.63. The van der Waals surface area contributed by atoms with Crippen molar-refractivity contribution >= 4 is 33.7 Å². The Morgan fingerprint density at radius 2 is 2.00 bits per heavy atom. The molecule has 1 aliphatic rings. The zero-order valence-electron chi connectivity index (χ0n) is 20.7. The number of imidazole rings is 1. The second kappa shape index (κ2) is 9.87. The third-order valence-electron chi connectivity index (χ3n) is 6.72. The predicted octanol–water partition coefficient (Wildman–Crippen LogP) is 4.66. The first kappa shape index (κ1) is 23.5. The molecule has 10 heteroatoms. The summed E-state index contributed by atoms with van der Waals surface area (Å²) in [5, 5.41) is 9.31. The monoisotopic (exact) mass is 513 g/mol. The molecule has 0 aliphatic heterocycles. The number of carbonyl (C=O) groups is 1. The average molecular weight is 514 g/mol. The van der Waals surface area contributed by atoms with Crippen LogP contribution in [-0.2, 0) is 23.1 Å². The van der Waals surface area contributed by atoms with Gasteiger partial charge in [0.25, 0.3) is 0 Å². The molecule has 6 rings (SSSR count). The number of aromatic nitrogens is 6. The van der Waals surface area contributed by atoms with E-state index in [1.54, 1.807) is 24.6 Å². The molecule has 1 aromatic carbocycles. The number of thiophene rings is 1. The normalized spacial score (nSPS) is 17.1. The number of anilines is 1. The SMILES string of the molecule is COCCn1ccnc1-c1nc(NC2CC(C=O)C2)c2c(-c3ccccc3)c(-c3ccn(C)n3)sc2n1. The molecule has 4 aromatic heterocycles. The van der Waals surface area contributed by atoms with E-state index < -0.39 is 0 Å². The number of nitrogens with one attached hydrogen (secondary N) is 1. The molecule has 188 valence electrons. The smallest absolute Gasteiger partial charge is 0.199 e. The third kappa shape index (κ3) is 4.42. The largest absolute Gasteiger partial charge is 0.383 e. The van der Waals surface area contributed by atoms with E-state index in [0.717, 1.165) is 56.9 Å². The number of fused-ring (bicyclic) bond motifs is 1. The maximum Gasteiger partial charge on any atom is 0.199 e. The fraction of sp³-hybridized carbons (Fsp3) is 0.296. The van der Waals surface area contributed by atoms with Gasteiger partial charge in [-0.1, -0.05) is 30.3 Å². The van der Waals surface area contributed by atoms with Crippen LogP contribution in [0.3, 0.4) is 0 Å². The highest BCUT2D eigenvalue weighted by molar-refractivity contribution is 7.22. The molecule has 5 aromatic rings. The fourth-order valence-corrected chi connectivity index (χ4v) is 5.93. The van der Waals surface area contributed by atoms with Gasteiger partial charge in [0.05, 0.1) is 16.9 Å². The van der Waals surface area contributed by atoms with Crippen LogP contribution in [0.4, 0.5) is 5.82 Å². The summed E-state index contributed by atoms with van der Waals surface area (Å²) < 4.78 is 9.09. The van der Waals surface area contributed by atoms with Gasteiger partial charge in [-0.05, 0) is 24.5 Å². The molecule has 1 N–H and O–H groups in total. The first-order valence-electron chi connectivity index (χ1n) is 12.3. The molecule has 0 radical (unpaired) electrons. The first-order valence-corrected chi connectivity index (χ1v) is 13.1. The zero-order chi connectivity index (χ0) is 25.4. The number of rotatable bonds is 9. The molecule has 0 amide bonds. The maximum atomic E-state index is 11.3. The summed E-state index contributed by atoms with van der Waals surface area (Å²) in [5.74, 6) is 2.10. The highest BCUT2D eigenvalue weighted by Gasteiger charge is 2.31. The van der Waals surface area contributed by atoms with Gasteiger partial charge in [-0.2, -0.15) is 5.10 Å². The standard InChI is InChI=1S/C27H27N7O2S/c1-33-10-8-20(32-33)23-21(18-6-4-3-5-7-18)22-24(29-19-14-17(15-19)16-35)30-25(31-27(22)37-23)26-28-9-11-34(26)12-13-36-2/h3-11,16-17,19H,12-15H2,1-2H3,(H,29,30,31). The number of hydrogen-bond acceptors (Lipinski definition) is 8. The minimum atomic E-state index is 0.0994. The van der Waals surface area contributed by atoms with E-state index in [9.17, 15) is 4.79 Å². The second-order valence-electron chi connectivity index (χ2n) is 9.27. The fourth-order valence-electron chi connectivity index (χ4n) is 4.77. The van der Waals surface area contributed by atoms with Crippen molar-refractivity contribution in [3.63, 3.8) is 0 Å². The number of aldehydes is 1. The molecule has 1 saturated carbocycles. The van der Waals surface area contributed by atoms with Gasteiger partial charge < -0.3 is 19.4 Å². The maximum absolute atomic E-state index is 11.3. The lowest BCUT2D eigenvalue weighted by atomic mass is 9.81.